The van der Waals surface area contributed by atoms with Gasteiger partial charge < -0.3 is 20.1 Å². The molecule has 1 saturated carbocycles. The summed E-state index contributed by atoms with van der Waals surface area (Å²) in [5.41, 5.74) is 1.13. The first-order valence-electron chi connectivity index (χ1n) is 8.26. The minimum atomic E-state index is 0.636. The van der Waals surface area contributed by atoms with Gasteiger partial charge in [0.25, 0.3) is 0 Å². The van der Waals surface area contributed by atoms with E-state index in [9.17, 15) is 0 Å². The Bertz CT molecular complexity index is 527. The zero-order chi connectivity index (χ0) is 15.2. The third kappa shape index (κ3) is 4.29. The van der Waals surface area contributed by atoms with Crippen LogP contribution in [0.1, 0.15) is 31.7 Å². The van der Waals surface area contributed by atoms with Crippen LogP contribution >= 0.6 is 0 Å². The van der Waals surface area contributed by atoms with Crippen molar-refractivity contribution >= 4 is 5.96 Å². The van der Waals surface area contributed by atoms with Gasteiger partial charge in [-0.3, -0.25) is 0 Å². The number of hydrogen-bond acceptors (Lipinski definition) is 3. The summed E-state index contributed by atoms with van der Waals surface area (Å²) in [5.74, 6) is 3.40. The highest BCUT2D eigenvalue weighted by molar-refractivity contribution is 5.79. The smallest absolute Gasteiger partial charge is 0.191 e. The monoisotopic (exact) mass is 303 g/mol. The van der Waals surface area contributed by atoms with Gasteiger partial charge in [-0.1, -0.05) is 6.07 Å². The molecule has 1 aliphatic carbocycles. The number of fused-ring (bicyclic) bond motifs is 1. The summed E-state index contributed by atoms with van der Waals surface area (Å²) in [6.07, 6.45) is 3.61. The molecule has 0 amide bonds. The average molecular weight is 303 g/mol. The van der Waals surface area contributed by atoms with E-state index in [-0.39, 0.29) is 0 Å². The van der Waals surface area contributed by atoms with Crippen LogP contribution in [0.15, 0.2) is 23.2 Å². The van der Waals surface area contributed by atoms with Crippen LogP contribution in [0.5, 0.6) is 11.5 Å². The SMILES string of the molecule is CCNC(=NCc1ccc2c(c1)OCCCO2)NCC1CC1. The molecule has 0 radical (unpaired) electrons. The van der Waals surface area contributed by atoms with Gasteiger partial charge >= 0.3 is 0 Å². The number of hydrogen-bond donors (Lipinski definition) is 2. The maximum atomic E-state index is 5.73. The molecule has 0 spiro atoms. The van der Waals surface area contributed by atoms with Gasteiger partial charge in [0, 0.05) is 19.5 Å². The zero-order valence-corrected chi connectivity index (χ0v) is 13.2. The Morgan fingerprint density at radius 3 is 2.77 bits per heavy atom. The van der Waals surface area contributed by atoms with Crippen LogP contribution in [-0.4, -0.2) is 32.3 Å². The summed E-state index contributed by atoms with van der Waals surface area (Å²) in [4.78, 5) is 4.65. The van der Waals surface area contributed by atoms with Crippen LogP contribution in [0.3, 0.4) is 0 Å². The molecule has 0 bridgehead atoms. The molecule has 0 unspecified atom stereocenters. The van der Waals surface area contributed by atoms with E-state index in [4.69, 9.17) is 9.47 Å². The predicted molar refractivity (Wildman–Crippen MR) is 87.6 cm³/mol. The summed E-state index contributed by atoms with van der Waals surface area (Å²) >= 11 is 0. The van der Waals surface area contributed by atoms with E-state index in [2.05, 4.69) is 28.6 Å². The summed E-state index contributed by atoms with van der Waals surface area (Å²) < 4.78 is 11.4. The molecule has 3 rings (SSSR count). The molecule has 1 aliphatic heterocycles. The molecular formula is C17H25N3O2. The number of ether oxygens (including phenoxy) is 2. The average Bonchev–Trinajstić information content (AvgIpc) is 3.36. The van der Waals surface area contributed by atoms with Gasteiger partial charge in [0.05, 0.1) is 19.8 Å². The highest BCUT2D eigenvalue weighted by Crippen LogP contribution is 2.30. The normalized spacial score (nSPS) is 17.8. The van der Waals surface area contributed by atoms with Crippen LogP contribution in [-0.2, 0) is 6.54 Å². The van der Waals surface area contributed by atoms with Crippen molar-refractivity contribution in [1.29, 1.82) is 0 Å². The Hall–Kier alpha value is -1.91. The Morgan fingerprint density at radius 1 is 1.18 bits per heavy atom. The maximum Gasteiger partial charge on any atom is 0.191 e. The van der Waals surface area contributed by atoms with Gasteiger partial charge in [0.2, 0.25) is 0 Å². The number of nitrogens with one attached hydrogen (secondary N) is 2. The highest BCUT2D eigenvalue weighted by atomic mass is 16.5. The van der Waals surface area contributed by atoms with E-state index in [0.717, 1.165) is 55.1 Å². The molecule has 1 heterocycles. The fraction of sp³-hybridized carbons (Fsp3) is 0.588. The van der Waals surface area contributed by atoms with Crippen molar-refractivity contribution in [2.45, 2.75) is 32.7 Å². The molecule has 0 aromatic heterocycles. The molecule has 2 aliphatic rings. The second kappa shape index (κ2) is 7.38. The quantitative estimate of drug-likeness (QED) is 0.647. The molecule has 120 valence electrons. The summed E-state index contributed by atoms with van der Waals surface area (Å²) in [7, 11) is 0. The Balaban J connectivity index is 1.62. The van der Waals surface area contributed by atoms with E-state index in [0.29, 0.717) is 13.2 Å². The second-order valence-electron chi connectivity index (χ2n) is 5.85. The van der Waals surface area contributed by atoms with E-state index in [1.54, 1.807) is 0 Å². The lowest BCUT2D eigenvalue weighted by Crippen LogP contribution is -2.38. The number of benzene rings is 1. The largest absolute Gasteiger partial charge is 0.490 e. The van der Waals surface area contributed by atoms with Crippen molar-refractivity contribution in [2.75, 3.05) is 26.3 Å². The van der Waals surface area contributed by atoms with Crippen LogP contribution in [0, 0.1) is 5.92 Å². The Labute approximate surface area is 132 Å². The van der Waals surface area contributed by atoms with Crippen molar-refractivity contribution in [2.24, 2.45) is 10.9 Å². The minimum absolute atomic E-state index is 0.636. The summed E-state index contributed by atoms with van der Waals surface area (Å²) in [5, 5.41) is 6.70. The van der Waals surface area contributed by atoms with E-state index >= 15 is 0 Å². The molecule has 2 N–H and O–H groups in total. The number of aliphatic imine (C=N–C) groups is 1. The maximum absolute atomic E-state index is 5.73. The van der Waals surface area contributed by atoms with E-state index in [1.165, 1.54) is 12.8 Å². The molecule has 5 heteroatoms. The first kappa shape index (κ1) is 15.0. The topological polar surface area (TPSA) is 54.9 Å². The Kier molecular flexibility index (Phi) is 5.03. The van der Waals surface area contributed by atoms with E-state index < -0.39 is 0 Å². The van der Waals surface area contributed by atoms with E-state index in [1.807, 2.05) is 12.1 Å². The lowest BCUT2D eigenvalue weighted by molar-refractivity contribution is 0.297. The number of guanidine groups is 1. The first-order valence-corrected chi connectivity index (χ1v) is 8.26. The zero-order valence-electron chi connectivity index (χ0n) is 13.2. The lowest BCUT2D eigenvalue weighted by atomic mass is 10.2. The van der Waals surface area contributed by atoms with Crippen molar-refractivity contribution in [3.63, 3.8) is 0 Å². The van der Waals surface area contributed by atoms with Crippen LogP contribution in [0.4, 0.5) is 0 Å². The number of nitrogens with zero attached hydrogens (tertiary/aromatic N) is 1. The van der Waals surface area contributed by atoms with Gasteiger partial charge in [0.1, 0.15) is 0 Å². The van der Waals surface area contributed by atoms with Crippen LogP contribution < -0.4 is 20.1 Å². The predicted octanol–water partition coefficient (Wildman–Crippen LogP) is 2.31. The number of rotatable bonds is 5. The van der Waals surface area contributed by atoms with Gasteiger partial charge in [0.15, 0.2) is 17.5 Å². The summed E-state index contributed by atoms with van der Waals surface area (Å²) in [6, 6.07) is 6.08. The second-order valence-corrected chi connectivity index (χ2v) is 5.85. The van der Waals surface area contributed by atoms with Crippen molar-refractivity contribution in [3.05, 3.63) is 23.8 Å². The molecule has 0 atom stereocenters. The molecule has 22 heavy (non-hydrogen) atoms. The van der Waals surface area contributed by atoms with Crippen LogP contribution in [0.2, 0.25) is 0 Å². The van der Waals surface area contributed by atoms with Gasteiger partial charge in [-0.25, -0.2) is 4.99 Å². The third-order valence-corrected chi connectivity index (χ3v) is 3.83. The summed E-state index contributed by atoms with van der Waals surface area (Å²) in [6.45, 7) is 6.05. The molecule has 1 aromatic rings. The third-order valence-electron chi connectivity index (χ3n) is 3.83. The highest BCUT2D eigenvalue weighted by Gasteiger charge is 2.21. The Morgan fingerprint density at radius 2 is 2.00 bits per heavy atom. The standard InChI is InChI=1S/C17H25N3O2/c1-2-18-17(19-11-13-4-5-13)20-12-14-6-7-15-16(10-14)22-9-3-8-21-15/h6-7,10,13H,2-5,8-9,11-12H2,1H3,(H2,18,19,20). The lowest BCUT2D eigenvalue weighted by Gasteiger charge is -2.11. The van der Waals surface area contributed by atoms with Gasteiger partial charge in [-0.15, -0.1) is 0 Å². The van der Waals surface area contributed by atoms with Crippen LogP contribution in [0.25, 0.3) is 0 Å². The van der Waals surface area contributed by atoms with Gasteiger partial charge in [-0.05, 0) is 43.4 Å². The minimum Gasteiger partial charge on any atom is -0.490 e. The molecular weight excluding hydrogens is 278 g/mol. The molecule has 0 saturated heterocycles. The molecule has 5 nitrogen and oxygen atoms in total. The van der Waals surface area contributed by atoms with Gasteiger partial charge in [-0.2, -0.15) is 0 Å². The molecule has 1 fully saturated rings. The fourth-order valence-electron chi connectivity index (χ4n) is 2.38. The molecule has 1 aromatic carbocycles. The van der Waals surface area contributed by atoms with Crippen molar-refractivity contribution < 1.29 is 9.47 Å². The van der Waals surface area contributed by atoms with Crippen molar-refractivity contribution in [3.8, 4) is 11.5 Å². The van der Waals surface area contributed by atoms with Crippen molar-refractivity contribution in [1.82, 2.24) is 10.6 Å². The first-order chi connectivity index (χ1) is 10.8. The fourth-order valence-corrected chi connectivity index (χ4v) is 2.38.